The molecule has 86 heavy (non-hydrogen) atoms. The average molecular weight is 1910 g/mol. The summed E-state index contributed by atoms with van der Waals surface area (Å²) in [6, 6.07) is 1.38. The van der Waals surface area contributed by atoms with Crippen LogP contribution in [-0.4, -0.2) is 74.8 Å². The molecule has 0 aromatic heterocycles. The number of unbranched alkanes of at least 4 members (excludes halogenated alkanes) is 6. The molecule has 0 bridgehead atoms. The maximum absolute atomic E-state index is 6.71. The van der Waals surface area contributed by atoms with E-state index < -0.39 is 0 Å². The molecule has 0 aliphatic heterocycles. The summed E-state index contributed by atoms with van der Waals surface area (Å²) in [5.41, 5.74) is 0. The van der Waals surface area contributed by atoms with Crippen molar-refractivity contribution in [1.82, 2.24) is 0 Å². The molecule has 0 heterocycles. The van der Waals surface area contributed by atoms with Gasteiger partial charge in [-0.15, -0.1) is 0 Å². The summed E-state index contributed by atoms with van der Waals surface area (Å²) in [5, 5.41) is 50.0. The normalized spacial score (nSPS) is 9.37. The molecule has 0 saturated carbocycles. The summed E-state index contributed by atoms with van der Waals surface area (Å²) in [6.45, 7) is 130. The first-order valence-electron chi connectivity index (χ1n) is 27.0. The summed E-state index contributed by atoms with van der Waals surface area (Å²) < 4.78 is 10.4. The van der Waals surface area contributed by atoms with Gasteiger partial charge in [-0.05, 0) is 52.4 Å². The fourth-order valence-corrected chi connectivity index (χ4v) is 4.44. The van der Waals surface area contributed by atoms with E-state index in [2.05, 4.69) is 80.3 Å². The van der Waals surface area contributed by atoms with Gasteiger partial charge in [-0.25, -0.2) is 52.6 Å². The monoisotopic (exact) mass is 1910 g/mol. The van der Waals surface area contributed by atoms with Crippen LogP contribution in [0.15, 0.2) is 0 Å². The summed E-state index contributed by atoms with van der Waals surface area (Å²) >= 11 is 0. The Morgan fingerprint density at radius 2 is 0.500 bits per heavy atom. The van der Waals surface area contributed by atoms with E-state index in [9.17, 15) is 0 Å². The van der Waals surface area contributed by atoms with Gasteiger partial charge in [0, 0.05) is 92.9 Å². The van der Waals surface area contributed by atoms with Gasteiger partial charge < -0.3 is 143 Å². The van der Waals surface area contributed by atoms with E-state index in [1.165, 1.54) is 51.4 Å². The van der Waals surface area contributed by atoms with Crippen LogP contribution in [0.4, 0.5) is 0 Å². The van der Waals surface area contributed by atoms with Crippen molar-refractivity contribution in [2.45, 2.75) is 276 Å². The van der Waals surface area contributed by atoms with Crippen molar-refractivity contribution in [3.05, 3.63) is 144 Å². The van der Waals surface area contributed by atoms with Crippen molar-refractivity contribution in [3.63, 3.8) is 0 Å². The molecular weight excluding hydrogens is 1810 g/mol. The Bertz CT molecular complexity index is 1530. The Hall–Kier alpha value is -5.49. The molecular formula is C64H104N16O2Pt4. The molecule has 0 aliphatic rings. The molecule has 0 N–H and O–H groups in total. The number of hydrogen-bond donors (Lipinski definition) is 0. The fourth-order valence-electron chi connectivity index (χ4n) is 4.44. The van der Waals surface area contributed by atoms with Gasteiger partial charge >= 0.3 is 84.3 Å². The molecule has 6 unspecified atom stereocenters. The fraction of sp³-hybridized carbons (Fsp3) is 0.750. The van der Waals surface area contributed by atoms with E-state index in [4.69, 9.17) is 157 Å². The van der Waals surface area contributed by atoms with E-state index in [1.54, 1.807) is 0 Å². The maximum atomic E-state index is 6.71. The van der Waals surface area contributed by atoms with Crippen LogP contribution in [-0.2, 0) is 93.7 Å². The zero-order valence-electron chi connectivity index (χ0n) is 55.2. The Morgan fingerprint density at radius 3 is 0.616 bits per heavy atom. The van der Waals surface area contributed by atoms with Crippen LogP contribution in [0.2, 0.25) is 0 Å². The molecule has 0 rings (SSSR count). The van der Waals surface area contributed by atoms with Crippen LogP contribution in [0, 0.1) is 159 Å². The second-order valence-electron chi connectivity index (χ2n) is 18.0. The number of nitrogens with zero attached hydrogens (tertiary/aromatic N) is 16. The van der Waals surface area contributed by atoms with Crippen molar-refractivity contribution >= 4 is 0 Å². The number of ether oxygens (including phenoxy) is 2. The van der Waals surface area contributed by atoms with E-state index in [-0.39, 0.29) is 121 Å². The van der Waals surface area contributed by atoms with Crippen LogP contribution in [0.3, 0.4) is 0 Å². The van der Waals surface area contributed by atoms with Gasteiger partial charge in [-0.1, -0.05) is 93.9 Å². The smallest absolute Gasteiger partial charge is 0.512 e. The van der Waals surface area contributed by atoms with Crippen molar-refractivity contribution in [3.8, 4) is 0 Å². The molecule has 0 radical (unpaired) electrons. The molecule has 492 valence electrons. The molecule has 0 aromatic carbocycles. The SMILES string of the molecule is [C-]#N.[C-]#N.[C-]#N.[C-]#N.[C-]#N.[C-]#N.[C-]#N.[C-]#N.[C-]#[N+]C(C)CC.[C-]#[N+]C(C)CC.[C-]#[N+]C(C)CC(C)C.[C-]#[N+]C(C)CC(C)C.[C-]#[N+]C(C)CCCCCC.[C-]#[N+]C(C)CCCCCC.[C-]#[N+]CCCOC(C)C.[C-]#[N+]CCCOC(C)C.[Pt+2].[Pt+2].[Pt+2].[Pt+2]. The van der Waals surface area contributed by atoms with Crippen LogP contribution >= 0.6 is 0 Å². The van der Waals surface area contributed by atoms with Crippen molar-refractivity contribution in [2.75, 3.05) is 26.3 Å². The van der Waals surface area contributed by atoms with Gasteiger partial charge in [0.1, 0.15) is 0 Å². The first kappa shape index (κ1) is 139. The largest absolute Gasteiger partial charge is 2.00 e. The van der Waals surface area contributed by atoms with Gasteiger partial charge in [0.25, 0.3) is 0 Å². The van der Waals surface area contributed by atoms with Crippen molar-refractivity contribution in [1.29, 1.82) is 42.1 Å². The molecule has 0 saturated heterocycles. The second kappa shape index (κ2) is 165. The third kappa shape index (κ3) is 261. The summed E-state index contributed by atoms with van der Waals surface area (Å²) in [6.07, 6.45) is 18.8. The minimum Gasteiger partial charge on any atom is -0.512 e. The van der Waals surface area contributed by atoms with E-state index in [0.29, 0.717) is 37.1 Å². The van der Waals surface area contributed by atoms with Crippen molar-refractivity contribution < 1.29 is 93.7 Å². The summed E-state index contributed by atoms with van der Waals surface area (Å²) in [7, 11) is 0. The zero-order valence-corrected chi connectivity index (χ0v) is 64.2. The summed E-state index contributed by atoms with van der Waals surface area (Å²) in [5.74, 6) is 1.33. The Labute approximate surface area is 589 Å². The minimum absolute atomic E-state index is 0. The van der Waals surface area contributed by atoms with Crippen LogP contribution < -0.4 is 0 Å². The van der Waals surface area contributed by atoms with Crippen LogP contribution in [0.1, 0.15) is 227 Å². The molecule has 18 nitrogen and oxygen atoms in total. The first-order valence-corrected chi connectivity index (χ1v) is 27.0. The predicted octanol–water partition coefficient (Wildman–Crippen LogP) is 18.8. The van der Waals surface area contributed by atoms with Gasteiger partial charge in [0.2, 0.25) is 49.3 Å². The van der Waals surface area contributed by atoms with Crippen molar-refractivity contribution in [2.24, 2.45) is 11.8 Å². The van der Waals surface area contributed by atoms with Crippen LogP contribution in [0.25, 0.3) is 38.8 Å². The summed E-state index contributed by atoms with van der Waals surface area (Å²) in [4.78, 5) is 26.5. The Morgan fingerprint density at radius 1 is 0.291 bits per heavy atom. The van der Waals surface area contributed by atoms with E-state index in [1.807, 2.05) is 83.1 Å². The third-order valence-corrected chi connectivity index (χ3v) is 8.81. The topological polar surface area (TPSA) is 244 Å². The maximum Gasteiger partial charge on any atom is 2.00 e. The molecule has 0 amide bonds. The zero-order chi connectivity index (χ0) is 69.0. The molecule has 0 fully saturated rings. The average Bonchev–Trinajstić information content (AvgIpc) is 3.51. The molecule has 0 aromatic rings. The third-order valence-electron chi connectivity index (χ3n) is 8.81. The quantitative estimate of drug-likeness (QED) is 0.0653. The van der Waals surface area contributed by atoms with Gasteiger partial charge in [-0.3, -0.25) is 0 Å². The van der Waals surface area contributed by atoms with Crippen LogP contribution in [0.5, 0.6) is 0 Å². The van der Waals surface area contributed by atoms with E-state index in [0.717, 1.165) is 64.6 Å². The molecule has 0 aliphatic carbocycles. The van der Waals surface area contributed by atoms with Gasteiger partial charge in [0.15, 0.2) is 0 Å². The number of rotatable bonds is 24. The minimum atomic E-state index is 0. The van der Waals surface area contributed by atoms with Gasteiger partial charge in [-0.2, -0.15) is 0 Å². The first-order chi connectivity index (χ1) is 39.1. The second-order valence-corrected chi connectivity index (χ2v) is 18.0. The Kier molecular flexibility index (Phi) is 267. The standard InChI is InChI=1S/2C9H17N.2C7H13NO.2C7H13N.2C5H9N.8CN.4Pt/c2*1-4-5-6-7-8-9(2)10-3;2*1-7(2)9-6-4-5-8-3;2*1-6(2)5-7(3)8-4;2*1-4-5(2)6-3;8*1-2;;;;/h2*9H,4-8H2,1-2H3;2*7H,4-6H2,1-2H3;2*6-7H,5H2,1-3H3;2*5H,4H2,1-2H3;;;;;;;;;;;;/q;;;;;;;;8*-1;4*+2. The number of hydrogen-bond acceptors (Lipinski definition) is 10. The van der Waals surface area contributed by atoms with E-state index >= 15 is 0 Å². The predicted molar refractivity (Wildman–Crippen MR) is 327 cm³/mol. The molecule has 22 heteroatoms. The Balaban J connectivity index is -0.0000000310. The van der Waals surface area contributed by atoms with Gasteiger partial charge in [0.05, 0.1) is 25.4 Å². The molecule has 6 atom stereocenters. The molecule has 0 spiro atoms.